The van der Waals surface area contributed by atoms with Crippen LogP contribution in [0, 0.1) is 5.92 Å². The Hall–Kier alpha value is -2.07. The van der Waals surface area contributed by atoms with E-state index in [1.807, 2.05) is 75.7 Å². The van der Waals surface area contributed by atoms with Gasteiger partial charge in [0.2, 0.25) is 0 Å². The summed E-state index contributed by atoms with van der Waals surface area (Å²) in [7, 11) is -2.11. The van der Waals surface area contributed by atoms with Crippen molar-refractivity contribution >= 4 is 7.14 Å². The van der Waals surface area contributed by atoms with E-state index in [-0.39, 0.29) is 17.9 Å². The van der Waals surface area contributed by atoms with Crippen LogP contribution in [0.4, 0.5) is 0 Å². The van der Waals surface area contributed by atoms with Gasteiger partial charge in [-0.3, -0.25) is 0 Å². The van der Waals surface area contributed by atoms with Crippen LogP contribution < -0.4 is 9.47 Å². The van der Waals surface area contributed by atoms with E-state index in [9.17, 15) is 14.8 Å². The number of para-hydroxylation sites is 2. The molecule has 1 fully saturated rings. The fraction of sp³-hybridized carbons (Fsp3) is 0.481. The summed E-state index contributed by atoms with van der Waals surface area (Å²) in [5.41, 5.74) is 1.35. The molecule has 178 valence electrons. The molecule has 0 bridgehead atoms. The second-order valence-electron chi connectivity index (χ2n) is 10.3. The van der Waals surface area contributed by atoms with Crippen molar-refractivity contribution in [2.75, 3.05) is 19.5 Å². The minimum atomic E-state index is -2.11. The quantitative estimate of drug-likeness (QED) is 0.426. The number of hydrogen-bond acceptors (Lipinski definition) is 5. The second kappa shape index (κ2) is 9.29. The lowest BCUT2D eigenvalue weighted by atomic mass is 9.86. The van der Waals surface area contributed by atoms with Crippen LogP contribution in [-0.4, -0.2) is 53.6 Å². The number of aliphatic hydroxyl groups is 2. The molecule has 2 aromatic rings. The molecule has 1 saturated carbocycles. The Morgan fingerprint density at radius 1 is 1.18 bits per heavy atom. The smallest absolute Gasteiger partial charge is 0.133 e. The van der Waals surface area contributed by atoms with Gasteiger partial charge >= 0.3 is 0 Å². The summed E-state index contributed by atoms with van der Waals surface area (Å²) < 4.78 is 24.5. The third-order valence-corrected chi connectivity index (χ3v) is 8.06. The van der Waals surface area contributed by atoms with Crippen LogP contribution in [0.1, 0.15) is 37.3 Å². The highest BCUT2D eigenvalue weighted by Gasteiger charge is 2.49. The molecular formula is C27H35O5P. The molecule has 0 spiro atoms. The highest BCUT2D eigenvalue weighted by Crippen LogP contribution is 2.52. The fourth-order valence-corrected chi connectivity index (χ4v) is 5.65. The van der Waals surface area contributed by atoms with Crippen LogP contribution in [0.3, 0.4) is 0 Å². The number of fused-ring (bicyclic) bond motifs is 3. The number of benzene rings is 2. The minimum Gasteiger partial charge on any atom is -0.489 e. The van der Waals surface area contributed by atoms with E-state index in [1.165, 1.54) is 0 Å². The summed E-state index contributed by atoms with van der Waals surface area (Å²) in [6.07, 6.45) is 4.11. The van der Waals surface area contributed by atoms with Gasteiger partial charge in [0.25, 0.3) is 0 Å². The zero-order valence-corrected chi connectivity index (χ0v) is 20.7. The van der Waals surface area contributed by atoms with Gasteiger partial charge in [0, 0.05) is 30.0 Å². The molecule has 0 saturated heterocycles. The maximum atomic E-state index is 12.2. The van der Waals surface area contributed by atoms with Crippen molar-refractivity contribution in [2.24, 2.45) is 5.92 Å². The molecule has 2 aliphatic rings. The summed E-state index contributed by atoms with van der Waals surface area (Å²) in [6.45, 7) is 7.33. The van der Waals surface area contributed by atoms with E-state index in [0.29, 0.717) is 18.3 Å². The minimum absolute atomic E-state index is 0.0339. The molecule has 6 heteroatoms. The summed E-state index contributed by atoms with van der Waals surface area (Å²) >= 11 is 0. The van der Waals surface area contributed by atoms with Gasteiger partial charge in [-0.1, -0.05) is 48.6 Å². The fourth-order valence-electron chi connectivity index (χ4n) is 4.87. The summed E-state index contributed by atoms with van der Waals surface area (Å²) in [6, 6.07) is 15.6. The van der Waals surface area contributed by atoms with Crippen molar-refractivity contribution in [3.8, 4) is 11.5 Å². The van der Waals surface area contributed by atoms with E-state index in [0.717, 1.165) is 23.3 Å². The van der Waals surface area contributed by atoms with Crippen LogP contribution >= 0.6 is 7.14 Å². The lowest BCUT2D eigenvalue weighted by molar-refractivity contribution is -0.00221. The summed E-state index contributed by atoms with van der Waals surface area (Å²) in [4.78, 5) is 0. The number of aryl methyl sites for hydroxylation is 1. The predicted octanol–water partition coefficient (Wildman–Crippen LogP) is 4.85. The first kappa shape index (κ1) is 24.1. The molecule has 0 amide bonds. The second-order valence-corrected chi connectivity index (χ2v) is 13.9. The van der Waals surface area contributed by atoms with E-state index in [2.05, 4.69) is 6.07 Å². The molecule has 33 heavy (non-hydrogen) atoms. The molecule has 2 aromatic carbocycles. The van der Waals surface area contributed by atoms with Gasteiger partial charge in [-0.25, -0.2) is 0 Å². The van der Waals surface area contributed by atoms with Gasteiger partial charge in [0.05, 0.1) is 13.2 Å². The van der Waals surface area contributed by atoms with Gasteiger partial charge in [-0.2, -0.15) is 0 Å². The average Bonchev–Trinajstić information content (AvgIpc) is 3.25. The first-order chi connectivity index (χ1) is 15.5. The first-order valence-corrected chi connectivity index (χ1v) is 14.4. The van der Waals surface area contributed by atoms with Gasteiger partial charge in [-0.05, 0) is 51.3 Å². The molecule has 5 atom stereocenters. The van der Waals surface area contributed by atoms with Crippen LogP contribution in [0.25, 0.3) is 0 Å². The first-order valence-electron chi connectivity index (χ1n) is 11.7. The molecule has 4 rings (SSSR count). The van der Waals surface area contributed by atoms with Crippen molar-refractivity contribution in [1.82, 2.24) is 0 Å². The van der Waals surface area contributed by atoms with Crippen LogP contribution in [0.15, 0.2) is 60.7 Å². The average molecular weight is 471 g/mol. The summed E-state index contributed by atoms with van der Waals surface area (Å²) in [5, 5.41) is 21.6. The van der Waals surface area contributed by atoms with Crippen LogP contribution in [-0.2, 0) is 11.0 Å². The Balaban J connectivity index is 1.51. The molecule has 0 radical (unpaired) electrons. The lowest BCUT2D eigenvalue weighted by Crippen LogP contribution is -2.41. The number of hydrogen-bond donors (Lipinski definition) is 2. The van der Waals surface area contributed by atoms with E-state index in [4.69, 9.17) is 9.47 Å². The molecule has 5 nitrogen and oxygen atoms in total. The third kappa shape index (κ3) is 5.37. The topological polar surface area (TPSA) is 76.0 Å². The van der Waals surface area contributed by atoms with E-state index in [1.54, 1.807) is 6.08 Å². The van der Waals surface area contributed by atoms with Crippen LogP contribution in [0.5, 0.6) is 11.5 Å². The van der Waals surface area contributed by atoms with Crippen molar-refractivity contribution < 1.29 is 24.3 Å². The zero-order chi connectivity index (χ0) is 23.8. The molecule has 1 aliphatic carbocycles. The van der Waals surface area contributed by atoms with Crippen LogP contribution in [0.2, 0.25) is 0 Å². The molecule has 0 unspecified atom stereocenters. The Morgan fingerprint density at radius 3 is 2.61 bits per heavy atom. The zero-order valence-electron chi connectivity index (χ0n) is 19.8. The third-order valence-electron chi connectivity index (χ3n) is 6.76. The van der Waals surface area contributed by atoms with Gasteiger partial charge in [0.15, 0.2) is 0 Å². The van der Waals surface area contributed by atoms with E-state index >= 15 is 0 Å². The summed E-state index contributed by atoms with van der Waals surface area (Å²) in [5.74, 6) is 1.47. The standard InChI is InChI=1S/C27H35O5P/c1-27(2,32-19-10-6-5-7-11-19)24(29)14-13-20-22(28)17-23-25(20)21-12-8-9-18(26(21)31-23)15-16-33(3,4)30/h5-14,20,22-25,28-29H,15-17H2,1-4H3/b14-13+/t20-,22+,23-,24+,25-/m0/s1. The Labute approximate surface area is 196 Å². The highest BCUT2D eigenvalue weighted by molar-refractivity contribution is 7.62. The maximum Gasteiger partial charge on any atom is 0.133 e. The maximum absolute atomic E-state index is 12.2. The normalized spacial score (nSPS) is 25.5. The molecule has 2 N–H and O–H groups in total. The number of rotatable bonds is 8. The Kier molecular flexibility index (Phi) is 6.77. The monoisotopic (exact) mass is 470 g/mol. The van der Waals surface area contributed by atoms with Crippen molar-refractivity contribution in [3.63, 3.8) is 0 Å². The largest absolute Gasteiger partial charge is 0.489 e. The molecule has 0 aromatic heterocycles. The van der Waals surface area contributed by atoms with E-state index < -0.39 is 25.0 Å². The van der Waals surface area contributed by atoms with Gasteiger partial charge in [-0.15, -0.1) is 0 Å². The van der Waals surface area contributed by atoms with Gasteiger partial charge < -0.3 is 24.3 Å². The SMILES string of the molecule is CC(C)(Oc1ccccc1)[C@H](O)/C=C/[C@@H]1[C@H]2c3cccc(CCP(C)(C)=O)c3O[C@H]2C[C@H]1O. The van der Waals surface area contributed by atoms with Crippen molar-refractivity contribution in [2.45, 2.75) is 56.5 Å². The number of ether oxygens (including phenoxy) is 2. The number of aliphatic hydroxyl groups excluding tert-OH is 2. The highest BCUT2D eigenvalue weighted by atomic mass is 31.2. The molecule has 1 heterocycles. The molecular weight excluding hydrogens is 435 g/mol. The Morgan fingerprint density at radius 2 is 1.91 bits per heavy atom. The molecule has 1 aliphatic heterocycles. The Bertz CT molecular complexity index is 1040. The predicted molar refractivity (Wildman–Crippen MR) is 132 cm³/mol. The van der Waals surface area contributed by atoms with Gasteiger partial charge in [0.1, 0.15) is 29.3 Å². The van der Waals surface area contributed by atoms with Crippen molar-refractivity contribution in [1.29, 1.82) is 0 Å². The van der Waals surface area contributed by atoms with Crippen molar-refractivity contribution in [3.05, 3.63) is 71.8 Å². The lowest BCUT2D eigenvalue weighted by Gasteiger charge is -2.30.